The molecule has 1 atom stereocenters. The van der Waals surface area contributed by atoms with Crippen molar-refractivity contribution in [3.8, 4) is 40.2 Å². The van der Waals surface area contributed by atoms with Crippen LogP contribution in [-0.4, -0.2) is 52.7 Å². The highest BCUT2D eigenvalue weighted by molar-refractivity contribution is 6.07. The van der Waals surface area contributed by atoms with Gasteiger partial charge in [0.05, 0.1) is 5.76 Å². The average Bonchev–Trinajstić information content (AvgIpc) is 3.52. The Hall–Kier alpha value is -6.53. The molecule has 0 amide bonds. The molecule has 2 aliphatic rings. The maximum Gasteiger partial charge on any atom is 0.208 e. The molecule has 11 N–H and O–H groups in total. The Balaban J connectivity index is 1.60. The van der Waals surface area contributed by atoms with Gasteiger partial charge >= 0.3 is 0 Å². The number of nitrogens with one attached hydrogen (secondary N) is 1. The first-order valence-corrected chi connectivity index (χ1v) is 17.5. The van der Waals surface area contributed by atoms with Gasteiger partial charge in [0.1, 0.15) is 23.1 Å². The van der Waals surface area contributed by atoms with Gasteiger partial charge in [-0.3, -0.25) is 4.99 Å². The third-order valence-corrected chi connectivity index (χ3v) is 9.49. The van der Waals surface area contributed by atoms with Crippen LogP contribution in [0.25, 0.3) is 22.6 Å². The Labute approximate surface area is 311 Å². The molecule has 6 rings (SSSR count). The van der Waals surface area contributed by atoms with Crippen LogP contribution in [0.3, 0.4) is 0 Å². The third kappa shape index (κ3) is 7.24. The molecule has 0 bridgehead atoms. The van der Waals surface area contributed by atoms with Crippen LogP contribution in [0, 0.1) is 0 Å². The van der Waals surface area contributed by atoms with Gasteiger partial charge in [0.2, 0.25) is 17.2 Å². The highest BCUT2D eigenvalue weighted by Crippen LogP contribution is 2.51. The number of aliphatic imine (C=N–C) groups is 1. The summed E-state index contributed by atoms with van der Waals surface area (Å²) in [5, 5.41) is 85.8. The summed E-state index contributed by atoms with van der Waals surface area (Å²) in [5.74, 6) is -0.254. The van der Waals surface area contributed by atoms with Gasteiger partial charge in [-0.15, -0.1) is 0 Å². The largest absolute Gasteiger partial charge is 0.512 e. The van der Waals surface area contributed by atoms with Crippen molar-refractivity contribution in [1.82, 2.24) is 5.43 Å². The predicted molar refractivity (Wildman–Crippen MR) is 208 cm³/mol. The van der Waals surface area contributed by atoms with E-state index in [1.165, 1.54) is 11.6 Å². The Bertz CT molecular complexity index is 2310. The van der Waals surface area contributed by atoms with Crippen LogP contribution >= 0.6 is 0 Å². The van der Waals surface area contributed by atoms with E-state index in [1.807, 2.05) is 25.1 Å². The number of hydrogen-bond acceptors (Lipinski definition) is 11. The lowest BCUT2D eigenvalue weighted by Gasteiger charge is -2.25. The minimum atomic E-state index is -1.21. The molecule has 0 spiro atoms. The quantitative estimate of drug-likeness (QED) is 0.0130. The van der Waals surface area contributed by atoms with E-state index in [0.29, 0.717) is 22.3 Å². The number of hydrazine groups is 1. The van der Waals surface area contributed by atoms with Crippen LogP contribution in [0.1, 0.15) is 67.5 Å². The fourth-order valence-corrected chi connectivity index (χ4v) is 7.02. The summed E-state index contributed by atoms with van der Waals surface area (Å²) in [4.78, 5) is 4.80. The van der Waals surface area contributed by atoms with Gasteiger partial charge in [-0.05, 0) is 67.9 Å². The Kier molecular flexibility index (Phi) is 10.8. The number of phenolic OH excluding ortho intramolecular Hbond substituents is 7. The summed E-state index contributed by atoms with van der Waals surface area (Å²) in [6.07, 6.45) is 17.9. The van der Waals surface area contributed by atoms with Gasteiger partial charge in [0.25, 0.3) is 0 Å². The number of benzene rings is 3. The SMILES string of the molecule is C\C=C/C(=C\C(C)=C\C1=C\c2ccccc2C/C=C\CCC1)C(N=C(NN)c1c(O)c(O)c(O)c(O)c1O)C1=C(O)CCc2oc3c(O)cc(O)cc3c21. The van der Waals surface area contributed by atoms with Crippen LogP contribution in [-0.2, 0) is 12.8 Å². The Morgan fingerprint density at radius 3 is 2.35 bits per heavy atom. The standard InChI is InChI=1S/C42H43N3O9/c1-3-10-26(18-22(2)17-23-11-6-4-5-7-12-24-13-8-9-14-25(24)19-23)35(44-42(45-43)34-36(49)38(51)40(53)39(52)37(34)50)33-29(47)15-16-31-32(33)28-20-27(46)21-30(48)41(28)54-31/h3,5,7-10,13-14,17-21,35,46-53H,4,6,11-12,15-16,43H2,1-2H3,(H,44,45)/b7-5-,10-3-,22-17+,23-19+,26-18+. The van der Waals surface area contributed by atoms with Gasteiger partial charge in [-0.25, -0.2) is 5.84 Å². The lowest BCUT2D eigenvalue weighted by Crippen LogP contribution is -2.33. The number of aliphatic hydroxyl groups excluding tert-OH is 1. The van der Waals surface area contributed by atoms with Crippen molar-refractivity contribution in [2.75, 3.05) is 0 Å². The third-order valence-electron chi connectivity index (χ3n) is 9.49. The number of fused-ring (bicyclic) bond motifs is 4. The summed E-state index contributed by atoms with van der Waals surface area (Å²) in [5.41, 5.74) is 7.04. The number of nitrogens with two attached hydrogens (primary N) is 1. The number of phenols is 7. The number of allylic oxidation sites excluding steroid dienone is 8. The van der Waals surface area contributed by atoms with Crippen LogP contribution in [0.4, 0.5) is 0 Å². The molecule has 4 aromatic rings. The topological polar surface area (TPSA) is 225 Å². The number of nitrogens with zero attached hydrogens (tertiary/aromatic N) is 1. The molecule has 1 heterocycles. The second kappa shape index (κ2) is 15.6. The molecule has 0 saturated carbocycles. The van der Waals surface area contributed by atoms with Crippen molar-refractivity contribution in [3.63, 3.8) is 0 Å². The smallest absolute Gasteiger partial charge is 0.208 e. The van der Waals surface area contributed by atoms with Gasteiger partial charge in [0, 0.05) is 35.4 Å². The minimum absolute atomic E-state index is 0.0827. The molecular weight excluding hydrogens is 690 g/mol. The zero-order valence-electron chi connectivity index (χ0n) is 29.8. The molecule has 3 aromatic carbocycles. The molecule has 0 radical (unpaired) electrons. The molecule has 1 unspecified atom stereocenters. The summed E-state index contributed by atoms with van der Waals surface area (Å²) in [6.45, 7) is 3.72. The van der Waals surface area contributed by atoms with E-state index in [4.69, 9.17) is 15.3 Å². The number of aliphatic hydroxyl groups is 1. The fraction of sp³-hybridized carbons (Fsp3) is 0.214. The lowest BCUT2D eigenvalue weighted by atomic mass is 9.84. The first-order chi connectivity index (χ1) is 25.9. The van der Waals surface area contributed by atoms with Gasteiger partial charge in [-0.2, -0.15) is 0 Å². The van der Waals surface area contributed by atoms with Crippen LogP contribution in [0.15, 0.2) is 105 Å². The molecule has 54 heavy (non-hydrogen) atoms. The van der Waals surface area contributed by atoms with E-state index >= 15 is 0 Å². The number of rotatable bonds is 7. The zero-order valence-corrected chi connectivity index (χ0v) is 29.8. The zero-order chi connectivity index (χ0) is 38.7. The highest BCUT2D eigenvalue weighted by Gasteiger charge is 2.34. The molecule has 0 aliphatic heterocycles. The van der Waals surface area contributed by atoms with Gasteiger partial charge in [-0.1, -0.05) is 72.4 Å². The van der Waals surface area contributed by atoms with E-state index in [2.05, 4.69) is 41.9 Å². The Morgan fingerprint density at radius 1 is 0.907 bits per heavy atom. The number of aryl methyl sites for hydroxylation is 1. The van der Waals surface area contributed by atoms with Crippen molar-refractivity contribution >= 4 is 28.5 Å². The number of hydrogen-bond donors (Lipinski definition) is 10. The summed E-state index contributed by atoms with van der Waals surface area (Å²) in [7, 11) is 0. The van der Waals surface area contributed by atoms with E-state index < -0.39 is 46.2 Å². The van der Waals surface area contributed by atoms with Crippen molar-refractivity contribution in [2.24, 2.45) is 10.8 Å². The number of aromatic hydroxyl groups is 7. The maximum absolute atomic E-state index is 11.7. The van der Waals surface area contributed by atoms with Crippen LogP contribution in [0.2, 0.25) is 0 Å². The normalized spacial score (nSPS) is 17.9. The molecule has 0 fully saturated rings. The number of amidine groups is 1. The van der Waals surface area contributed by atoms with Crippen molar-refractivity contribution in [2.45, 2.75) is 58.4 Å². The molecule has 0 saturated heterocycles. The fourth-order valence-electron chi connectivity index (χ4n) is 7.02. The van der Waals surface area contributed by atoms with Crippen LogP contribution in [0.5, 0.6) is 40.2 Å². The van der Waals surface area contributed by atoms with Gasteiger partial charge < -0.3 is 50.7 Å². The molecule has 12 heteroatoms. The summed E-state index contributed by atoms with van der Waals surface area (Å²) >= 11 is 0. The monoisotopic (exact) mass is 733 g/mol. The predicted octanol–water partition coefficient (Wildman–Crippen LogP) is 7.68. The van der Waals surface area contributed by atoms with Gasteiger partial charge in [0.15, 0.2) is 28.7 Å². The van der Waals surface area contributed by atoms with E-state index in [9.17, 15) is 40.9 Å². The van der Waals surface area contributed by atoms with E-state index in [0.717, 1.165) is 48.5 Å². The minimum Gasteiger partial charge on any atom is -0.512 e. The highest BCUT2D eigenvalue weighted by atomic mass is 16.4. The molecule has 12 nitrogen and oxygen atoms in total. The number of furan rings is 1. The molecular formula is C42H43N3O9. The molecule has 2 aliphatic carbocycles. The summed E-state index contributed by atoms with van der Waals surface area (Å²) < 4.78 is 6.06. The second-order valence-electron chi connectivity index (χ2n) is 13.3. The van der Waals surface area contributed by atoms with Crippen molar-refractivity contribution in [1.29, 1.82) is 0 Å². The van der Waals surface area contributed by atoms with Crippen molar-refractivity contribution < 1.29 is 45.3 Å². The maximum atomic E-state index is 11.7. The molecule has 280 valence electrons. The summed E-state index contributed by atoms with van der Waals surface area (Å²) in [6, 6.07) is 9.57. The first kappa shape index (κ1) is 37.2. The van der Waals surface area contributed by atoms with Crippen LogP contribution < -0.4 is 11.3 Å². The second-order valence-corrected chi connectivity index (χ2v) is 13.3. The van der Waals surface area contributed by atoms with E-state index in [-0.39, 0.29) is 41.3 Å². The average molecular weight is 734 g/mol. The van der Waals surface area contributed by atoms with E-state index in [1.54, 1.807) is 19.1 Å². The van der Waals surface area contributed by atoms with Crippen molar-refractivity contribution in [3.05, 3.63) is 123 Å². The molecule has 1 aromatic heterocycles. The first-order valence-electron chi connectivity index (χ1n) is 17.5. The Morgan fingerprint density at radius 2 is 1.63 bits per heavy atom. The lowest BCUT2D eigenvalue weighted by molar-refractivity contribution is 0.327.